The summed E-state index contributed by atoms with van der Waals surface area (Å²) in [5.74, 6) is 0.339. The Hall–Kier alpha value is -4.34. The van der Waals surface area contributed by atoms with Crippen molar-refractivity contribution >= 4 is 28.4 Å². The van der Waals surface area contributed by atoms with Gasteiger partial charge in [0, 0.05) is 23.0 Å². The van der Waals surface area contributed by atoms with Crippen LogP contribution >= 0.6 is 0 Å². The van der Waals surface area contributed by atoms with Crippen molar-refractivity contribution in [3.05, 3.63) is 125 Å². The fraction of sp³-hybridized carbons (Fsp3) is 0.0714. The molecule has 0 saturated carbocycles. The lowest BCUT2D eigenvalue weighted by Crippen LogP contribution is -2.20. The van der Waals surface area contributed by atoms with Gasteiger partial charge >= 0.3 is 0 Å². The molecule has 0 radical (unpaired) electrons. The van der Waals surface area contributed by atoms with Gasteiger partial charge in [0.05, 0.1) is 13.1 Å². The number of benzene rings is 4. The summed E-state index contributed by atoms with van der Waals surface area (Å²) in [4.78, 5) is 9.34. The minimum absolute atomic E-state index is 0.339. The highest BCUT2D eigenvalue weighted by Crippen LogP contribution is 2.48. The standard InChI is InChI=1S/C28H19N3/c1-19-25-8-4-6-10-27(25)31(28-11-7-5-9-26(19)28)24-14-12-20(13-15-24)21-16-22(29-2)18-23(17-21)30-3/h4-19H,1H3. The molecule has 0 aliphatic carbocycles. The summed E-state index contributed by atoms with van der Waals surface area (Å²) < 4.78 is 0. The first kappa shape index (κ1) is 18.7. The Balaban J connectivity index is 1.61. The summed E-state index contributed by atoms with van der Waals surface area (Å²) in [6.45, 7) is 16.9. The molecule has 1 aliphatic heterocycles. The Morgan fingerprint density at radius 3 is 1.68 bits per heavy atom. The van der Waals surface area contributed by atoms with E-state index in [0.29, 0.717) is 17.3 Å². The summed E-state index contributed by atoms with van der Waals surface area (Å²) in [6, 6.07) is 30.8. The van der Waals surface area contributed by atoms with Gasteiger partial charge in [-0.15, -0.1) is 0 Å². The van der Waals surface area contributed by atoms with Crippen LogP contribution in [0.4, 0.5) is 28.4 Å². The van der Waals surface area contributed by atoms with Crippen LogP contribution in [0.5, 0.6) is 0 Å². The number of anilines is 3. The number of fused-ring (bicyclic) bond motifs is 2. The van der Waals surface area contributed by atoms with Gasteiger partial charge in [0.1, 0.15) is 0 Å². The predicted molar refractivity (Wildman–Crippen MR) is 127 cm³/mol. The van der Waals surface area contributed by atoms with E-state index in [-0.39, 0.29) is 0 Å². The molecule has 0 fully saturated rings. The van der Waals surface area contributed by atoms with Crippen LogP contribution in [0.15, 0.2) is 91.0 Å². The summed E-state index contributed by atoms with van der Waals surface area (Å²) >= 11 is 0. The molecule has 4 aromatic rings. The van der Waals surface area contributed by atoms with Gasteiger partial charge in [-0.25, -0.2) is 9.69 Å². The van der Waals surface area contributed by atoms with E-state index >= 15 is 0 Å². The van der Waals surface area contributed by atoms with E-state index < -0.39 is 0 Å². The normalized spacial score (nSPS) is 12.4. The lowest BCUT2D eigenvalue weighted by molar-refractivity contribution is 0.892. The van der Waals surface area contributed by atoms with Gasteiger partial charge in [-0.1, -0.05) is 73.7 Å². The summed E-state index contributed by atoms with van der Waals surface area (Å²) in [6.07, 6.45) is 0. The molecule has 3 nitrogen and oxygen atoms in total. The molecular weight excluding hydrogens is 378 g/mol. The van der Waals surface area contributed by atoms with Gasteiger partial charge in [-0.05, 0) is 46.5 Å². The minimum Gasteiger partial charge on any atom is -0.310 e. The van der Waals surface area contributed by atoms with Gasteiger partial charge in [0.25, 0.3) is 0 Å². The first-order chi connectivity index (χ1) is 15.2. The van der Waals surface area contributed by atoms with Crippen LogP contribution in [-0.4, -0.2) is 0 Å². The molecule has 1 aliphatic rings. The second-order valence-corrected chi connectivity index (χ2v) is 7.68. The highest BCUT2D eigenvalue weighted by Gasteiger charge is 2.28. The fourth-order valence-electron chi connectivity index (χ4n) is 4.38. The van der Waals surface area contributed by atoms with Gasteiger partial charge < -0.3 is 4.90 Å². The molecule has 0 atom stereocenters. The maximum absolute atomic E-state index is 7.31. The van der Waals surface area contributed by atoms with Crippen LogP contribution in [0.3, 0.4) is 0 Å². The van der Waals surface area contributed by atoms with Crippen molar-refractivity contribution in [2.45, 2.75) is 12.8 Å². The molecule has 0 saturated heterocycles. The number of nitrogens with zero attached hydrogens (tertiary/aromatic N) is 3. The highest BCUT2D eigenvalue weighted by atomic mass is 15.2. The Morgan fingerprint density at radius 1 is 0.645 bits per heavy atom. The smallest absolute Gasteiger partial charge is 0.177 e. The predicted octanol–water partition coefficient (Wildman–Crippen LogP) is 8.39. The maximum Gasteiger partial charge on any atom is 0.177 e. The van der Waals surface area contributed by atoms with Crippen molar-refractivity contribution in [1.29, 1.82) is 0 Å². The topological polar surface area (TPSA) is 12.0 Å². The molecule has 0 N–H and O–H groups in total. The van der Waals surface area contributed by atoms with E-state index in [9.17, 15) is 0 Å². The molecule has 0 unspecified atom stereocenters. The Morgan fingerprint density at radius 2 is 1.16 bits per heavy atom. The van der Waals surface area contributed by atoms with Crippen LogP contribution in [0, 0.1) is 13.1 Å². The number of rotatable bonds is 2. The average Bonchev–Trinajstić information content (AvgIpc) is 2.84. The average molecular weight is 397 g/mol. The molecule has 5 rings (SSSR count). The van der Waals surface area contributed by atoms with Crippen molar-refractivity contribution in [2.24, 2.45) is 0 Å². The van der Waals surface area contributed by atoms with E-state index in [0.717, 1.165) is 16.8 Å². The molecule has 0 bridgehead atoms. The van der Waals surface area contributed by atoms with Crippen LogP contribution in [0.1, 0.15) is 24.0 Å². The quantitative estimate of drug-likeness (QED) is 0.309. The Bertz CT molecular complexity index is 1290. The van der Waals surface area contributed by atoms with Crippen LogP contribution in [0.25, 0.3) is 20.8 Å². The van der Waals surface area contributed by atoms with Gasteiger partial charge in [-0.3, -0.25) is 0 Å². The van der Waals surface area contributed by atoms with E-state index in [1.165, 1.54) is 22.5 Å². The van der Waals surface area contributed by atoms with Crippen LogP contribution in [0.2, 0.25) is 0 Å². The monoisotopic (exact) mass is 397 g/mol. The molecule has 31 heavy (non-hydrogen) atoms. The third kappa shape index (κ3) is 3.14. The van der Waals surface area contributed by atoms with Crippen LogP contribution in [-0.2, 0) is 0 Å². The third-order valence-electron chi connectivity index (χ3n) is 5.91. The first-order valence-electron chi connectivity index (χ1n) is 10.2. The molecular formula is C28H19N3. The zero-order valence-corrected chi connectivity index (χ0v) is 17.1. The number of hydrogen-bond acceptors (Lipinski definition) is 1. The summed E-state index contributed by atoms with van der Waals surface area (Å²) in [5, 5.41) is 0. The largest absolute Gasteiger partial charge is 0.310 e. The number of para-hydroxylation sites is 2. The van der Waals surface area contributed by atoms with E-state index in [1.54, 1.807) is 6.07 Å². The third-order valence-corrected chi connectivity index (χ3v) is 5.91. The maximum atomic E-state index is 7.31. The molecule has 1 heterocycles. The SMILES string of the molecule is [C-]#[N+]c1cc([N+]#[C-])cc(-c2ccc(N3c4ccccc4C(C)c4ccccc43)cc2)c1. The van der Waals surface area contributed by atoms with Gasteiger partial charge in [0.2, 0.25) is 0 Å². The molecule has 3 heteroatoms. The van der Waals surface area contributed by atoms with Crippen molar-refractivity contribution in [2.75, 3.05) is 4.90 Å². The molecule has 0 amide bonds. The summed E-state index contributed by atoms with van der Waals surface area (Å²) in [7, 11) is 0. The second-order valence-electron chi connectivity index (χ2n) is 7.68. The first-order valence-corrected chi connectivity index (χ1v) is 10.2. The minimum atomic E-state index is 0.339. The zero-order chi connectivity index (χ0) is 21.4. The fourth-order valence-corrected chi connectivity index (χ4v) is 4.38. The zero-order valence-electron chi connectivity index (χ0n) is 17.1. The lowest BCUT2D eigenvalue weighted by Gasteiger charge is -2.36. The molecule has 4 aromatic carbocycles. The van der Waals surface area contributed by atoms with Gasteiger partial charge in [-0.2, -0.15) is 0 Å². The van der Waals surface area contributed by atoms with Crippen molar-refractivity contribution in [3.8, 4) is 11.1 Å². The van der Waals surface area contributed by atoms with E-state index in [2.05, 4.69) is 94.3 Å². The lowest BCUT2D eigenvalue weighted by atomic mass is 9.86. The highest BCUT2D eigenvalue weighted by molar-refractivity contribution is 5.85. The Labute approximate surface area is 182 Å². The molecule has 0 aromatic heterocycles. The molecule has 0 spiro atoms. The second kappa shape index (κ2) is 7.48. The van der Waals surface area contributed by atoms with E-state index in [1.807, 2.05) is 12.1 Å². The Kier molecular flexibility index (Phi) is 4.51. The number of hydrogen-bond donors (Lipinski definition) is 0. The van der Waals surface area contributed by atoms with Crippen molar-refractivity contribution in [3.63, 3.8) is 0 Å². The van der Waals surface area contributed by atoms with Crippen molar-refractivity contribution < 1.29 is 0 Å². The van der Waals surface area contributed by atoms with Crippen LogP contribution < -0.4 is 4.90 Å². The molecule has 146 valence electrons. The van der Waals surface area contributed by atoms with Crippen molar-refractivity contribution in [1.82, 2.24) is 0 Å². The van der Waals surface area contributed by atoms with Gasteiger partial charge in [0.15, 0.2) is 11.4 Å². The summed E-state index contributed by atoms with van der Waals surface area (Å²) in [5.41, 5.74) is 8.97. The van der Waals surface area contributed by atoms with E-state index in [4.69, 9.17) is 13.1 Å².